The standard InChI is InChI=1S/C41H58N4O3/c1-10-31(24-32(26-46)44-40(47)27(5)29-17-14-15-18-29)43-36(11-2)30-20-21-37-34(23-30)35(25-41(7,8)12-3)39(45(37)13-4)33-19-16-22-42-38(33)28(6)48-9/h11,16,19-23,26-29,32H,10,12-15,17-18,24-25H2,1-9H3,(H,44,47)/b36-11-,43-31?. The van der Waals surface area contributed by atoms with E-state index >= 15 is 0 Å². The van der Waals surface area contributed by atoms with Crippen molar-refractivity contribution in [3.63, 3.8) is 0 Å². The van der Waals surface area contributed by atoms with Crippen molar-refractivity contribution in [2.45, 2.75) is 125 Å². The van der Waals surface area contributed by atoms with Gasteiger partial charge in [-0.15, -0.1) is 0 Å². The second-order valence-corrected chi connectivity index (χ2v) is 14.3. The van der Waals surface area contributed by atoms with Crippen LogP contribution in [0, 0.1) is 17.3 Å². The van der Waals surface area contributed by atoms with Gasteiger partial charge in [0.1, 0.15) is 6.29 Å². The minimum Gasteiger partial charge on any atom is -0.375 e. The van der Waals surface area contributed by atoms with Crippen LogP contribution in [-0.4, -0.2) is 40.6 Å². The highest BCUT2D eigenvalue weighted by Gasteiger charge is 2.29. The molecule has 1 N–H and O–H groups in total. The number of aliphatic imine (C=N–C) groups is 1. The maximum absolute atomic E-state index is 13.0. The van der Waals surface area contributed by atoms with E-state index in [1.54, 1.807) is 7.11 Å². The van der Waals surface area contributed by atoms with Gasteiger partial charge in [-0.05, 0) is 87.6 Å². The fourth-order valence-corrected chi connectivity index (χ4v) is 7.16. The quantitative estimate of drug-likeness (QED) is 0.123. The Hall–Kier alpha value is -3.58. The number of hydrogen-bond donors (Lipinski definition) is 1. The largest absolute Gasteiger partial charge is 0.375 e. The van der Waals surface area contributed by atoms with Crippen LogP contribution in [0.25, 0.3) is 27.9 Å². The topological polar surface area (TPSA) is 85.6 Å². The third-order valence-corrected chi connectivity index (χ3v) is 10.7. The van der Waals surface area contributed by atoms with Gasteiger partial charge < -0.3 is 19.4 Å². The lowest BCUT2D eigenvalue weighted by molar-refractivity contribution is -0.128. The summed E-state index contributed by atoms with van der Waals surface area (Å²) in [5.41, 5.74) is 8.63. The number of nitrogens with zero attached hydrogens (tertiary/aromatic N) is 3. The Bertz CT molecular complexity index is 1630. The summed E-state index contributed by atoms with van der Waals surface area (Å²) in [6.07, 6.45) is 12.2. The highest BCUT2D eigenvalue weighted by Crippen LogP contribution is 2.42. The first-order valence-corrected chi connectivity index (χ1v) is 18.1. The minimum absolute atomic E-state index is 0.0263. The van der Waals surface area contributed by atoms with Crippen LogP contribution in [0.2, 0.25) is 0 Å². The Balaban J connectivity index is 1.76. The van der Waals surface area contributed by atoms with Gasteiger partial charge in [0.25, 0.3) is 0 Å². The van der Waals surface area contributed by atoms with Crippen molar-refractivity contribution in [1.29, 1.82) is 0 Å². The molecule has 0 radical (unpaired) electrons. The number of pyridine rings is 1. The number of nitrogens with one attached hydrogen (secondary N) is 1. The molecule has 0 spiro atoms. The molecule has 0 bridgehead atoms. The van der Waals surface area contributed by atoms with Crippen molar-refractivity contribution < 1.29 is 14.3 Å². The summed E-state index contributed by atoms with van der Waals surface area (Å²) in [5, 5.41) is 4.24. The maximum atomic E-state index is 13.0. The number of allylic oxidation sites excluding steroid dienone is 1. The van der Waals surface area contributed by atoms with Gasteiger partial charge in [0.05, 0.1) is 29.2 Å². The van der Waals surface area contributed by atoms with Crippen molar-refractivity contribution in [2.75, 3.05) is 7.11 Å². The van der Waals surface area contributed by atoms with Crippen LogP contribution in [0.1, 0.15) is 123 Å². The summed E-state index contributed by atoms with van der Waals surface area (Å²) in [4.78, 5) is 35.1. The molecule has 1 fully saturated rings. The van der Waals surface area contributed by atoms with E-state index in [1.165, 1.54) is 35.0 Å². The third kappa shape index (κ3) is 8.34. The van der Waals surface area contributed by atoms with E-state index in [2.05, 4.69) is 75.7 Å². The molecule has 48 heavy (non-hydrogen) atoms. The molecular formula is C41H58N4O3. The lowest BCUT2D eigenvalue weighted by Gasteiger charge is -2.24. The smallest absolute Gasteiger partial charge is 0.223 e. The summed E-state index contributed by atoms with van der Waals surface area (Å²) in [7, 11) is 1.73. The molecule has 1 amide bonds. The molecule has 4 rings (SSSR count). The number of carbonyl (C=O) groups excluding carboxylic acids is 2. The summed E-state index contributed by atoms with van der Waals surface area (Å²) >= 11 is 0. The normalized spacial score (nSPS) is 16.7. The molecule has 1 saturated carbocycles. The molecule has 7 nitrogen and oxygen atoms in total. The van der Waals surface area contributed by atoms with Gasteiger partial charge in [0.15, 0.2) is 0 Å². The Morgan fingerprint density at radius 3 is 2.50 bits per heavy atom. The summed E-state index contributed by atoms with van der Waals surface area (Å²) in [6.45, 7) is 18.1. The van der Waals surface area contributed by atoms with Gasteiger partial charge in [0.2, 0.25) is 5.91 Å². The number of aldehydes is 1. The molecule has 2 heterocycles. The molecule has 3 aromatic rings. The van der Waals surface area contributed by atoms with E-state index in [0.29, 0.717) is 18.8 Å². The average Bonchev–Trinajstić information content (AvgIpc) is 3.75. The number of carbonyl (C=O) groups is 2. The first-order valence-electron chi connectivity index (χ1n) is 18.1. The second-order valence-electron chi connectivity index (χ2n) is 14.3. The third-order valence-electron chi connectivity index (χ3n) is 10.7. The Morgan fingerprint density at radius 2 is 1.90 bits per heavy atom. The molecule has 1 aromatic carbocycles. The van der Waals surface area contributed by atoms with Crippen molar-refractivity contribution in [3.8, 4) is 11.3 Å². The van der Waals surface area contributed by atoms with Crippen LogP contribution in [-0.2, 0) is 27.3 Å². The number of amides is 1. The second kappa shape index (κ2) is 16.7. The van der Waals surface area contributed by atoms with Gasteiger partial charge in [-0.25, -0.2) is 0 Å². The maximum Gasteiger partial charge on any atom is 0.223 e. The van der Waals surface area contributed by atoms with Gasteiger partial charge >= 0.3 is 0 Å². The van der Waals surface area contributed by atoms with Crippen LogP contribution >= 0.6 is 0 Å². The Morgan fingerprint density at radius 1 is 1.17 bits per heavy atom. The van der Waals surface area contributed by atoms with Crippen molar-refractivity contribution in [3.05, 3.63) is 59.4 Å². The first-order chi connectivity index (χ1) is 23.0. The summed E-state index contributed by atoms with van der Waals surface area (Å²) in [5.74, 6) is 0.300. The minimum atomic E-state index is -0.590. The van der Waals surface area contributed by atoms with Crippen LogP contribution in [0.15, 0.2) is 47.6 Å². The molecular weight excluding hydrogens is 596 g/mol. The van der Waals surface area contributed by atoms with Crippen molar-refractivity contribution in [2.24, 2.45) is 22.2 Å². The zero-order valence-corrected chi connectivity index (χ0v) is 30.9. The predicted octanol–water partition coefficient (Wildman–Crippen LogP) is 9.52. The molecule has 0 aliphatic heterocycles. The van der Waals surface area contributed by atoms with Crippen LogP contribution in [0.5, 0.6) is 0 Å². The molecule has 0 saturated heterocycles. The number of aromatic nitrogens is 2. The first kappa shape index (κ1) is 37.2. The Kier molecular flexibility index (Phi) is 12.9. The van der Waals surface area contributed by atoms with E-state index in [9.17, 15) is 9.59 Å². The fraction of sp³-hybridized carbons (Fsp3) is 0.561. The van der Waals surface area contributed by atoms with Gasteiger partial charge in [-0.2, -0.15) is 0 Å². The fourth-order valence-electron chi connectivity index (χ4n) is 7.16. The van der Waals surface area contributed by atoms with E-state index in [1.807, 2.05) is 32.2 Å². The lowest BCUT2D eigenvalue weighted by atomic mass is 9.81. The molecule has 260 valence electrons. The number of rotatable bonds is 16. The molecule has 1 aliphatic rings. The highest BCUT2D eigenvalue weighted by atomic mass is 16.5. The molecule has 7 heteroatoms. The van der Waals surface area contributed by atoms with Crippen molar-refractivity contribution in [1.82, 2.24) is 14.9 Å². The van der Waals surface area contributed by atoms with E-state index in [0.717, 1.165) is 66.7 Å². The van der Waals surface area contributed by atoms with Gasteiger partial charge in [-0.3, -0.25) is 14.8 Å². The number of hydrogen-bond acceptors (Lipinski definition) is 5. The monoisotopic (exact) mass is 654 g/mol. The number of fused-ring (bicyclic) bond motifs is 1. The molecule has 1 aliphatic carbocycles. The van der Waals surface area contributed by atoms with Crippen molar-refractivity contribution >= 4 is 34.5 Å². The average molecular weight is 655 g/mol. The number of ether oxygens (including phenoxy) is 1. The molecule has 3 unspecified atom stereocenters. The zero-order chi connectivity index (χ0) is 35.0. The predicted molar refractivity (Wildman–Crippen MR) is 199 cm³/mol. The number of aryl methyl sites for hydroxylation is 1. The van der Waals surface area contributed by atoms with Gasteiger partial charge in [-0.1, -0.05) is 66.0 Å². The van der Waals surface area contributed by atoms with Crippen LogP contribution < -0.4 is 5.32 Å². The highest BCUT2D eigenvalue weighted by molar-refractivity contribution is 5.97. The molecule has 2 aromatic heterocycles. The number of benzene rings is 1. The SMILES string of the molecule is C/C=C(\N=C(CC)CC(C=O)NC(=O)C(C)C1CCCC1)c1ccc2c(c1)c(CC(C)(C)CC)c(-c1cccnc1C(C)OC)n2CC. The zero-order valence-electron chi connectivity index (χ0n) is 30.9. The van der Waals surface area contributed by atoms with Crippen LogP contribution in [0.3, 0.4) is 0 Å². The Labute approximate surface area is 288 Å². The van der Waals surface area contributed by atoms with Crippen LogP contribution in [0.4, 0.5) is 0 Å². The molecule has 3 atom stereocenters. The van der Waals surface area contributed by atoms with E-state index < -0.39 is 6.04 Å². The summed E-state index contributed by atoms with van der Waals surface area (Å²) in [6, 6.07) is 10.3. The summed E-state index contributed by atoms with van der Waals surface area (Å²) < 4.78 is 8.19. The van der Waals surface area contributed by atoms with E-state index in [-0.39, 0.29) is 23.3 Å². The lowest BCUT2D eigenvalue weighted by Crippen LogP contribution is -2.42. The van der Waals surface area contributed by atoms with Gasteiger partial charge in [0, 0.05) is 59.9 Å². The number of methoxy groups -OCH3 is 1. The van der Waals surface area contributed by atoms with E-state index in [4.69, 9.17) is 14.7 Å².